The minimum Gasteiger partial charge on any atom is -0.392 e. The molecule has 1 saturated carbocycles. The van der Waals surface area contributed by atoms with Gasteiger partial charge in [0.1, 0.15) is 0 Å². The second-order valence-electron chi connectivity index (χ2n) is 5.78. The van der Waals surface area contributed by atoms with Crippen LogP contribution in [0.4, 0.5) is 0 Å². The second-order valence-corrected chi connectivity index (χ2v) is 7.40. The zero-order valence-corrected chi connectivity index (χ0v) is 13.0. The van der Waals surface area contributed by atoms with Crippen molar-refractivity contribution in [2.24, 2.45) is 5.92 Å². The van der Waals surface area contributed by atoms with Crippen molar-refractivity contribution in [1.29, 1.82) is 5.26 Å². The molecule has 108 valence electrons. The van der Waals surface area contributed by atoms with E-state index in [1.807, 2.05) is 13.0 Å². The van der Waals surface area contributed by atoms with Crippen molar-refractivity contribution in [1.82, 2.24) is 0 Å². The standard InChI is InChI=1S/C17H23NOS/c1-12(19)13(2)20-17-10-15(8-9-16(17)11-18)14-6-4-3-5-7-14/h3-7,12-13,15-17,19H,8-10H2,1-2H3. The molecule has 0 amide bonds. The van der Waals surface area contributed by atoms with Crippen LogP contribution >= 0.6 is 11.8 Å². The molecule has 2 rings (SSSR count). The van der Waals surface area contributed by atoms with Crippen LogP contribution in [0, 0.1) is 17.2 Å². The first-order valence-electron chi connectivity index (χ1n) is 7.40. The van der Waals surface area contributed by atoms with E-state index in [-0.39, 0.29) is 17.3 Å². The number of rotatable bonds is 4. The van der Waals surface area contributed by atoms with E-state index in [0.29, 0.717) is 11.2 Å². The summed E-state index contributed by atoms with van der Waals surface area (Å²) in [5.41, 5.74) is 1.39. The van der Waals surface area contributed by atoms with E-state index in [1.54, 1.807) is 11.8 Å². The molecular formula is C17H23NOS. The number of benzene rings is 1. The Kier molecular flexibility index (Phi) is 5.51. The third-order valence-corrected chi connectivity index (χ3v) is 5.99. The number of hydrogen-bond donors (Lipinski definition) is 1. The molecule has 2 nitrogen and oxygen atoms in total. The molecule has 1 fully saturated rings. The molecule has 0 bridgehead atoms. The molecule has 1 aliphatic carbocycles. The van der Waals surface area contributed by atoms with Crippen LogP contribution in [0.1, 0.15) is 44.6 Å². The van der Waals surface area contributed by atoms with Gasteiger partial charge in [-0.15, -0.1) is 0 Å². The Labute approximate surface area is 126 Å². The number of aliphatic hydroxyl groups excluding tert-OH is 1. The smallest absolute Gasteiger partial charge is 0.0667 e. The third kappa shape index (κ3) is 3.77. The Morgan fingerprint density at radius 1 is 1.25 bits per heavy atom. The maximum absolute atomic E-state index is 9.69. The van der Waals surface area contributed by atoms with Gasteiger partial charge in [0.25, 0.3) is 0 Å². The predicted molar refractivity (Wildman–Crippen MR) is 84.7 cm³/mol. The average Bonchev–Trinajstić information content (AvgIpc) is 2.48. The zero-order chi connectivity index (χ0) is 14.5. The predicted octanol–water partition coefficient (Wildman–Crippen LogP) is 3.96. The molecule has 0 aliphatic heterocycles. The van der Waals surface area contributed by atoms with Gasteiger partial charge in [0, 0.05) is 10.5 Å². The number of thioether (sulfide) groups is 1. The fourth-order valence-corrected chi connectivity index (χ4v) is 4.35. The Hall–Kier alpha value is -0.980. The fraction of sp³-hybridized carbons (Fsp3) is 0.588. The fourth-order valence-electron chi connectivity index (χ4n) is 2.84. The summed E-state index contributed by atoms with van der Waals surface area (Å²) in [6.07, 6.45) is 2.79. The highest BCUT2D eigenvalue weighted by Gasteiger charge is 2.33. The van der Waals surface area contributed by atoms with Crippen LogP contribution < -0.4 is 0 Å². The Balaban J connectivity index is 2.06. The molecule has 0 aromatic heterocycles. The second kappa shape index (κ2) is 7.15. The highest BCUT2D eigenvalue weighted by Crippen LogP contribution is 2.42. The molecule has 5 atom stereocenters. The van der Waals surface area contributed by atoms with Gasteiger partial charge in [0.2, 0.25) is 0 Å². The molecule has 1 aliphatic rings. The van der Waals surface area contributed by atoms with Crippen LogP contribution in [0.15, 0.2) is 30.3 Å². The number of nitriles is 1. The van der Waals surface area contributed by atoms with Crippen LogP contribution in [-0.4, -0.2) is 21.7 Å². The molecule has 0 saturated heterocycles. The third-order valence-electron chi connectivity index (χ3n) is 4.30. The molecule has 1 aromatic carbocycles. The summed E-state index contributed by atoms with van der Waals surface area (Å²) in [4.78, 5) is 0. The molecule has 1 N–H and O–H groups in total. The lowest BCUT2D eigenvalue weighted by molar-refractivity contribution is 0.195. The van der Waals surface area contributed by atoms with Crippen molar-refractivity contribution in [2.75, 3.05) is 0 Å². The average molecular weight is 289 g/mol. The zero-order valence-electron chi connectivity index (χ0n) is 12.2. The lowest BCUT2D eigenvalue weighted by atomic mass is 9.79. The summed E-state index contributed by atoms with van der Waals surface area (Å²) in [6.45, 7) is 3.88. The van der Waals surface area contributed by atoms with Crippen LogP contribution in [0.3, 0.4) is 0 Å². The molecule has 3 heteroatoms. The quantitative estimate of drug-likeness (QED) is 0.912. The topological polar surface area (TPSA) is 44.0 Å². The molecule has 20 heavy (non-hydrogen) atoms. The first-order valence-corrected chi connectivity index (χ1v) is 8.34. The summed E-state index contributed by atoms with van der Waals surface area (Å²) < 4.78 is 0. The van der Waals surface area contributed by atoms with Crippen LogP contribution in [0.25, 0.3) is 0 Å². The van der Waals surface area contributed by atoms with Crippen molar-refractivity contribution < 1.29 is 5.11 Å². The van der Waals surface area contributed by atoms with Crippen molar-refractivity contribution >= 4 is 11.8 Å². The van der Waals surface area contributed by atoms with Gasteiger partial charge in [-0.05, 0) is 37.7 Å². The lowest BCUT2D eigenvalue weighted by Gasteiger charge is -2.34. The SMILES string of the molecule is CC(O)C(C)SC1CC(c2ccccc2)CCC1C#N. The normalized spacial score (nSPS) is 29.4. The van der Waals surface area contributed by atoms with Gasteiger partial charge >= 0.3 is 0 Å². The Bertz CT molecular complexity index is 454. The van der Waals surface area contributed by atoms with E-state index < -0.39 is 0 Å². The first-order chi connectivity index (χ1) is 9.61. The molecule has 5 unspecified atom stereocenters. The van der Waals surface area contributed by atoms with Gasteiger partial charge in [0.05, 0.1) is 18.1 Å². The summed E-state index contributed by atoms with van der Waals surface area (Å²) in [7, 11) is 0. The van der Waals surface area contributed by atoms with Crippen LogP contribution in [0.2, 0.25) is 0 Å². The van der Waals surface area contributed by atoms with Gasteiger partial charge in [-0.2, -0.15) is 17.0 Å². The summed E-state index contributed by atoms with van der Waals surface area (Å²) in [5.74, 6) is 0.681. The Morgan fingerprint density at radius 2 is 1.95 bits per heavy atom. The van der Waals surface area contributed by atoms with Gasteiger partial charge in [-0.3, -0.25) is 0 Å². The first kappa shape index (κ1) is 15.4. The van der Waals surface area contributed by atoms with Gasteiger partial charge in [-0.1, -0.05) is 37.3 Å². The monoisotopic (exact) mass is 289 g/mol. The molecule has 0 spiro atoms. The largest absolute Gasteiger partial charge is 0.392 e. The lowest BCUT2D eigenvalue weighted by Crippen LogP contribution is -2.29. The maximum Gasteiger partial charge on any atom is 0.0667 e. The molecular weight excluding hydrogens is 266 g/mol. The Morgan fingerprint density at radius 3 is 2.55 bits per heavy atom. The van der Waals surface area contributed by atoms with E-state index in [9.17, 15) is 10.4 Å². The van der Waals surface area contributed by atoms with E-state index >= 15 is 0 Å². The minimum absolute atomic E-state index is 0.126. The van der Waals surface area contributed by atoms with Crippen molar-refractivity contribution in [3.05, 3.63) is 35.9 Å². The van der Waals surface area contributed by atoms with Crippen molar-refractivity contribution in [3.63, 3.8) is 0 Å². The summed E-state index contributed by atoms with van der Waals surface area (Å²) >= 11 is 1.79. The summed E-state index contributed by atoms with van der Waals surface area (Å²) in [5, 5.41) is 19.6. The van der Waals surface area contributed by atoms with E-state index in [0.717, 1.165) is 19.3 Å². The number of hydrogen-bond acceptors (Lipinski definition) is 3. The van der Waals surface area contributed by atoms with Crippen LogP contribution in [-0.2, 0) is 0 Å². The molecule has 0 radical (unpaired) electrons. The number of aliphatic hydroxyl groups is 1. The van der Waals surface area contributed by atoms with E-state index in [2.05, 4.69) is 37.3 Å². The molecule has 1 aromatic rings. The minimum atomic E-state index is -0.323. The van der Waals surface area contributed by atoms with E-state index in [4.69, 9.17) is 0 Å². The van der Waals surface area contributed by atoms with Gasteiger partial charge < -0.3 is 5.11 Å². The van der Waals surface area contributed by atoms with Crippen molar-refractivity contribution in [2.45, 2.75) is 55.6 Å². The van der Waals surface area contributed by atoms with E-state index in [1.165, 1.54) is 5.56 Å². The van der Waals surface area contributed by atoms with Gasteiger partial charge in [-0.25, -0.2) is 0 Å². The van der Waals surface area contributed by atoms with Crippen LogP contribution in [0.5, 0.6) is 0 Å². The summed E-state index contributed by atoms with van der Waals surface area (Å²) in [6, 6.07) is 13.1. The van der Waals surface area contributed by atoms with Crippen molar-refractivity contribution in [3.8, 4) is 6.07 Å². The van der Waals surface area contributed by atoms with Gasteiger partial charge in [0.15, 0.2) is 0 Å². The molecule has 0 heterocycles. The highest BCUT2D eigenvalue weighted by molar-refractivity contribution is 8.00. The number of nitrogens with zero attached hydrogens (tertiary/aromatic N) is 1. The highest BCUT2D eigenvalue weighted by atomic mass is 32.2. The maximum atomic E-state index is 9.69.